The lowest BCUT2D eigenvalue weighted by Gasteiger charge is -2.24. The van der Waals surface area contributed by atoms with Gasteiger partial charge in [-0.1, -0.05) is 0 Å². The summed E-state index contributed by atoms with van der Waals surface area (Å²) >= 11 is 5.41. The number of nitrogens with two attached hydrogens (primary N) is 2. The van der Waals surface area contributed by atoms with E-state index in [-0.39, 0.29) is 37.9 Å². The molecule has 33 heavy (non-hydrogen) atoms. The quantitative estimate of drug-likeness (QED) is 0.0974. The van der Waals surface area contributed by atoms with Gasteiger partial charge >= 0.3 is 11.9 Å². The molecule has 0 spiro atoms. The molecule has 4 atom stereocenters. The van der Waals surface area contributed by atoms with Crippen LogP contribution in [0.15, 0.2) is 0 Å². The molecule has 0 fully saturated rings. The molecule has 0 rings (SSSR count). The molecule has 0 saturated heterocycles. The van der Waals surface area contributed by atoms with Gasteiger partial charge in [-0.05, 0) is 31.3 Å². The fourth-order valence-corrected chi connectivity index (χ4v) is 3.20. The van der Waals surface area contributed by atoms with Crippen molar-refractivity contribution in [1.29, 1.82) is 0 Å². The summed E-state index contributed by atoms with van der Waals surface area (Å²) in [5.74, 6) is -5.20. The monoisotopic (exact) mass is 509 g/mol. The number of thioether (sulfide) groups is 1. The molecule has 13 nitrogen and oxygen atoms in total. The van der Waals surface area contributed by atoms with Gasteiger partial charge < -0.3 is 37.6 Å². The van der Waals surface area contributed by atoms with Gasteiger partial charge in [0.2, 0.25) is 23.6 Å². The minimum absolute atomic E-state index is 0.136. The van der Waals surface area contributed by atoms with Gasteiger partial charge in [-0.25, -0.2) is 4.79 Å². The Morgan fingerprint density at radius 3 is 1.88 bits per heavy atom. The number of amides is 4. The Bertz CT molecular complexity index is 724. The van der Waals surface area contributed by atoms with Crippen molar-refractivity contribution < 1.29 is 39.0 Å². The van der Waals surface area contributed by atoms with Crippen LogP contribution in [0, 0.1) is 0 Å². The molecular formula is C18H31N5O8S2. The molecule has 9 N–H and O–H groups in total. The number of nitrogens with one attached hydrogen (secondary N) is 3. The number of thiol groups is 1. The summed E-state index contributed by atoms with van der Waals surface area (Å²) in [6, 6.07) is -4.84. The molecule has 15 heteroatoms. The summed E-state index contributed by atoms with van der Waals surface area (Å²) in [5, 5.41) is 25.0. The van der Waals surface area contributed by atoms with Crippen LogP contribution in [0.3, 0.4) is 0 Å². The molecule has 0 bridgehead atoms. The lowest BCUT2D eigenvalue weighted by Crippen LogP contribution is -2.57. The van der Waals surface area contributed by atoms with Crippen LogP contribution in [0.4, 0.5) is 0 Å². The smallest absolute Gasteiger partial charge is 0.326 e. The van der Waals surface area contributed by atoms with Gasteiger partial charge in [-0.2, -0.15) is 24.4 Å². The van der Waals surface area contributed by atoms with Crippen molar-refractivity contribution in [2.45, 2.75) is 56.3 Å². The zero-order chi connectivity index (χ0) is 25.6. The predicted octanol–water partition coefficient (Wildman–Crippen LogP) is -2.33. The van der Waals surface area contributed by atoms with E-state index in [2.05, 4.69) is 28.6 Å². The van der Waals surface area contributed by atoms with Gasteiger partial charge in [0.1, 0.15) is 18.1 Å². The standard InChI is InChI=1S/C18H31N5O8S2/c1-33-7-6-10(16(28)22-11(18(30)31)3-4-13(20)24)21-17(29)12(8-32)23-15(27)9(19)2-5-14(25)26/h9-12,32H,2-8,19H2,1H3,(H2,20,24)(H,21,29)(H,22,28)(H,23,27)(H,25,26)(H,30,31)/t9-,10-,11-,12-/m0/s1. The Morgan fingerprint density at radius 2 is 1.39 bits per heavy atom. The second-order valence-electron chi connectivity index (χ2n) is 7.03. The van der Waals surface area contributed by atoms with Crippen molar-refractivity contribution in [3.63, 3.8) is 0 Å². The van der Waals surface area contributed by atoms with E-state index in [1.54, 1.807) is 6.26 Å². The molecular weight excluding hydrogens is 478 g/mol. The number of hydrogen-bond acceptors (Lipinski definition) is 9. The highest BCUT2D eigenvalue weighted by Gasteiger charge is 2.29. The molecule has 0 aliphatic rings. The molecule has 0 saturated carbocycles. The third-order valence-corrected chi connectivity index (χ3v) is 5.37. The lowest BCUT2D eigenvalue weighted by molar-refractivity contribution is -0.142. The highest BCUT2D eigenvalue weighted by Crippen LogP contribution is 2.05. The van der Waals surface area contributed by atoms with Crippen molar-refractivity contribution >= 4 is 60.0 Å². The summed E-state index contributed by atoms with van der Waals surface area (Å²) in [4.78, 5) is 70.3. The van der Waals surface area contributed by atoms with Gasteiger partial charge in [0.15, 0.2) is 0 Å². The number of carboxylic acids is 2. The van der Waals surface area contributed by atoms with E-state index in [0.717, 1.165) is 0 Å². The third-order valence-electron chi connectivity index (χ3n) is 4.36. The molecule has 0 heterocycles. The molecule has 0 aromatic carbocycles. The highest BCUT2D eigenvalue weighted by atomic mass is 32.2. The number of carbonyl (C=O) groups excluding carboxylic acids is 4. The van der Waals surface area contributed by atoms with Crippen molar-refractivity contribution in [1.82, 2.24) is 16.0 Å². The van der Waals surface area contributed by atoms with Crippen molar-refractivity contribution in [3.8, 4) is 0 Å². The van der Waals surface area contributed by atoms with Crippen LogP contribution in [0.25, 0.3) is 0 Å². The summed E-state index contributed by atoms with van der Waals surface area (Å²) < 4.78 is 0. The summed E-state index contributed by atoms with van der Waals surface area (Å²) in [5.41, 5.74) is 10.7. The number of rotatable bonds is 17. The minimum Gasteiger partial charge on any atom is -0.481 e. The van der Waals surface area contributed by atoms with Crippen LogP contribution in [0.2, 0.25) is 0 Å². The van der Waals surface area contributed by atoms with Gasteiger partial charge in [0.25, 0.3) is 0 Å². The third kappa shape index (κ3) is 12.9. The molecule has 0 radical (unpaired) electrons. The second kappa shape index (κ2) is 16.1. The average molecular weight is 510 g/mol. The van der Waals surface area contributed by atoms with Crippen LogP contribution in [-0.4, -0.2) is 87.7 Å². The van der Waals surface area contributed by atoms with E-state index in [9.17, 15) is 33.9 Å². The van der Waals surface area contributed by atoms with Crippen LogP contribution in [-0.2, 0) is 28.8 Å². The fourth-order valence-electron chi connectivity index (χ4n) is 2.48. The van der Waals surface area contributed by atoms with Gasteiger partial charge in [0, 0.05) is 18.6 Å². The number of aliphatic carboxylic acids is 2. The van der Waals surface area contributed by atoms with Crippen LogP contribution >= 0.6 is 24.4 Å². The number of primary amides is 1. The maximum absolute atomic E-state index is 12.6. The van der Waals surface area contributed by atoms with Crippen molar-refractivity contribution in [2.24, 2.45) is 11.5 Å². The van der Waals surface area contributed by atoms with E-state index in [1.807, 2.05) is 0 Å². The topological polar surface area (TPSA) is 231 Å². The zero-order valence-electron chi connectivity index (χ0n) is 18.1. The number of carbonyl (C=O) groups is 6. The molecule has 0 aliphatic carbocycles. The molecule has 0 aromatic rings. The van der Waals surface area contributed by atoms with Gasteiger partial charge in [-0.15, -0.1) is 0 Å². The minimum atomic E-state index is -1.38. The SMILES string of the molecule is CSCC[C@H](NC(=O)[C@H](CS)NC(=O)[C@@H](N)CCC(=O)O)C(=O)N[C@@H](CCC(N)=O)C(=O)O. The van der Waals surface area contributed by atoms with Crippen LogP contribution in [0.5, 0.6) is 0 Å². The maximum atomic E-state index is 12.6. The molecule has 0 aliphatic heterocycles. The first kappa shape index (κ1) is 30.5. The highest BCUT2D eigenvalue weighted by molar-refractivity contribution is 7.98. The van der Waals surface area contributed by atoms with Crippen LogP contribution < -0.4 is 27.4 Å². The Morgan fingerprint density at radius 1 is 0.848 bits per heavy atom. The Balaban J connectivity index is 5.20. The van der Waals surface area contributed by atoms with Gasteiger partial charge in [-0.3, -0.25) is 24.0 Å². The maximum Gasteiger partial charge on any atom is 0.326 e. The molecule has 0 aromatic heterocycles. The van der Waals surface area contributed by atoms with Gasteiger partial charge in [0.05, 0.1) is 6.04 Å². The second-order valence-corrected chi connectivity index (χ2v) is 8.38. The van der Waals surface area contributed by atoms with E-state index in [4.69, 9.17) is 16.6 Å². The Hall–Kier alpha value is -2.52. The van der Waals surface area contributed by atoms with E-state index in [1.165, 1.54) is 11.8 Å². The predicted molar refractivity (Wildman–Crippen MR) is 124 cm³/mol. The number of carboxylic acid groups (broad SMARTS) is 2. The Kier molecular flexibility index (Phi) is 14.9. The van der Waals surface area contributed by atoms with Crippen molar-refractivity contribution in [3.05, 3.63) is 0 Å². The largest absolute Gasteiger partial charge is 0.481 e. The summed E-state index contributed by atoms with van der Waals surface area (Å²) in [6.45, 7) is 0. The summed E-state index contributed by atoms with van der Waals surface area (Å²) in [6.07, 6.45) is 0.996. The van der Waals surface area contributed by atoms with Crippen molar-refractivity contribution in [2.75, 3.05) is 17.8 Å². The van der Waals surface area contributed by atoms with Crippen LogP contribution in [0.1, 0.15) is 32.1 Å². The average Bonchev–Trinajstić information content (AvgIpc) is 2.74. The normalized spacial score (nSPS) is 14.3. The summed E-state index contributed by atoms with van der Waals surface area (Å²) in [7, 11) is 0. The first-order valence-corrected chi connectivity index (χ1v) is 11.9. The molecule has 188 valence electrons. The van der Waals surface area contributed by atoms with E-state index in [0.29, 0.717) is 5.75 Å². The molecule has 4 amide bonds. The first-order valence-electron chi connectivity index (χ1n) is 9.92. The van der Waals surface area contributed by atoms with E-state index < -0.39 is 59.7 Å². The fraction of sp³-hybridized carbons (Fsp3) is 0.667. The lowest BCUT2D eigenvalue weighted by atomic mass is 10.1. The number of hydrogen-bond donors (Lipinski definition) is 8. The van der Waals surface area contributed by atoms with E-state index >= 15 is 0 Å². The zero-order valence-corrected chi connectivity index (χ0v) is 19.8. The first-order chi connectivity index (χ1) is 15.4. The molecule has 0 unspecified atom stereocenters. The Labute approximate surface area is 200 Å².